The average molecular weight is 167 g/mol. The number of hydrogen-bond acceptors (Lipinski definition) is 2. The van der Waals surface area contributed by atoms with Crippen molar-refractivity contribution in [3.05, 3.63) is 0 Å². The second-order valence-corrected chi connectivity index (χ2v) is 4.07. The van der Waals surface area contributed by atoms with E-state index in [1.54, 1.807) is 0 Å². The number of nitrogens with zero attached hydrogens (tertiary/aromatic N) is 1. The van der Waals surface area contributed by atoms with Gasteiger partial charge in [-0.25, -0.2) is 0 Å². The van der Waals surface area contributed by atoms with Crippen molar-refractivity contribution >= 4 is 0 Å². The van der Waals surface area contributed by atoms with Crippen LogP contribution >= 0.6 is 0 Å². The lowest BCUT2D eigenvalue weighted by Crippen LogP contribution is -2.35. The van der Waals surface area contributed by atoms with Gasteiger partial charge in [0.1, 0.15) is 0 Å². The predicted molar refractivity (Wildman–Crippen MR) is 47.4 cm³/mol. The van der Waals surface area contributed by atoms with E-state index < -0.39 is 0 Å². The van der Waals surface area contributed by atoms with E-state index in [1.807, 2.05) is 0 Å². The Balaban J connectivity index is 2.48. The zero-order chi connectivity index (χ0) is 9.03. The summed E-state index contributed by atoms with van der Waals surface area (Å²) < 4.78 is 0. The molecule has 0 bridgehead atoms. The molecule has 0 aromatic carbocycles. The van der Waals surface area contributed by atoms with Gasteiger partial charge >= 0.3 is 0 Å². The number of nitriles is 1. The van der Waals surface area contributed by atoms with Gasteiger partial charge in [0.25, 0.3) is 0 Å². The summed E-state index contributed by atoms with van der Waals surface area (Å²) in [4.78, 5) is 0. The highest BCUT2D eigenvalue weighted by molar-refractivity contribution is 4.88. The van der Waals surface area contributed by atoms with Gasteiger partial charge in [0, 0.05) is 6.42 Å². The first-order chi connectivity index (χ1) is 5.69. The minimum Gasteiger partial charge on any atom is -0.393 e. The van der Waals surface area contributed by atoms with Crippen molar-refractivity contribution in [2.45, 2.75) is 51.6 Å². The molecule has 0 saturated heterocycles. The summed E-state index contributed by atoms with van der Waals surface area (Å²) in [6.07, 6.45) is 5.60. The van der Waals surface area contributed by atoms with Crippen LogP contribution in [0.1, 0.15) is 45.4 Å². The van der Waals surface area contributed by atoms with Gasteiger partial charge in [-0.15, -0.1) is 0 Å². The number of aliphatic hydroxyl groups is 1. The van der Waals surface area contributed by atoms with Crippen LogP contribution in [0.2, 0.25) is 0 Å². The van der Waals surface area contributed by atoms with E-state index in [9.17, 15) is 5.11 Å². The molecule has 12 heavy (non-hydrogen) atoms. The van der Waals surface area contributed by atoms with E-state index >= 15 is 0 Å². The summed E-state index contributed by atoms with van der Waals surface area (Å²) in [5.74, 6) is 0. The Morgan fingerprint density at radius 1 is 1.58 bits per heavy atom. The maximum Gasteiger partial charge on any atom is 0.0621 e. The first-order valence-electron chi connectivity index (χ1n) is 4.74. The highest BCUT2D eigenvalue weighted by Crippen LogP contribution is 2.39. The van der Waals surface area contributed by atoms with E-state index in [-0.39, 0.29) is 11.5 Å². The SMILES string of the molecule is CC1(CCC#N)CCCCC1O. The Morgan fingerprint density at radius 2 is 2.33 bits per heavy atom. The fourth-order valence-corrected chi connectivity index (χ4v) is 2.01. The molecule has 1 fully saturated rings. The molecule has 2 atom stereocenters. The molecule has 1 aliphatic rings. The molecule has 2 nitrogen and oxygen atoms in total. The van der Waals surface area contributed by atoms with Crippen LogP contribution in [0.4, 0.5) is 0 Å². The molecule has 0 spiro atoms. The van der Waals surface area contributed by atoms with Gasteiger partial charge in [-0.3, -0.25) is 0 Å². The molecule has 0 aromatic rings. The lowest BCUT2D eigenvalue weighted by Gasteiger charge is -2.38. The van der Waals surface area contributed by atoms with E-state index in [0.29, 0.717) is 6.42 Å². The molecule has 0 heterocycles. The van der Waals surface area contributed by atoms with Crippen LogP contribution in [-0.4, -0.2) is 11.2 Å². The Bertz CT molecular complexity index is 185. The molecular formula is C10H17NO. The smallest absolute Gasteiger partial charge is 0.0621 e. The minimum atomic E-state index is -0.181. The first kappa shape index (κ1) is 9.54. The van der Waals surface area contributed by atoms with Gasteiger partial charge in [0.15, 0.2) is 0 Å². The van der Waals surface area contributed by atoms with Crippen molar-refractivity contribution in [3.63, 3.8) is 0 Å². The van der Waals surface area contributed by atoms with E-state index in [4.69, 9.17) is 5.26 Å². The maximum absolute atomic E-state index is 9.75. The highest BCUT2D eigenvalue weighted by atomic mass is 16.3. The largest absolute Gasteiger partial charge is 0.393 e. The molecule has 2 heteroatoms. The normalized spacial score (nSPS) is 35.9. The summed E-state index contributed by atoms with van der Waals surface area (Å²) in [5, 5.41) is 18.2. The van der Waals surface area contributed by atoms with E-state index in [2.05, 4.69) is 13.0 Å². The molecule has 1 N–H and O–H groups in total. The van der Waals surface area contributed by atoms with E-state index in [0.717, 1.165) is 25.7 Å². The van der Waals surface area contributed by atoms with Crippen LogP contribution in [0.15, 0.2) is 0 Å². The van der Waals surface area contributed by atoms with Crippen molar-refractivity contribution < 1.29 is 5.11 Å². The van der Waals surface area contributed by atoms with Gasteiger partial charge in [-0.1, -0.05) is 19.8 Å². The van der Waals surface area contributed by atoms with E-state index in [1.165, 1.54) is 6.42 Å². The molecule has 0 amide bonds. The zero-order valence-corrected chi connectivity index (χ0v) is 7.71. The second-order valence-electron chi connectivity index (χ2n) is 4.07. The number of rotatable bonds is 2. The Hall–Kier alpha value is -0.550. The predicted octanol–water partition coefficient (Wildman–Crippen LogP) is 2.23. The molecule has 0 aromatic heterocycles. The van der Waals surface area contributed by atoms with Crippen molar-refractivity contribution in [1.82, 2.24) is 0 Å². The second kappa shape index (κ2) is 3.91. The summed E-state index contributed by atoms with van der Waals surface area (Å²) in [5.41, 5.74) is 0.0218. The molecule has 1 rings (SSSR count). The third-order valence-corrected chi connectivity index (χ3v) is 3.09. The fourth-order valence-electron chi connectivity index (χ4n) is 2.01. The van der Waals surface area contributed by atoms with Crippen LogP contribution < -0.4 is 0 Å². The van der Waals surface area contributed by atoms with Crippen LogP contribution in [0.3, 0.4) is 0 Å². The summed E-state index contributed by atoms with van der Waals surface area (Å²) in [7, 11) is 0. The molecule has 0 aliphatic heterocycles. The Morgan fingerprint density at radius 3 is 2.92 bits per heavy atom. The summed E-state index contributed by atoms with van der Waals surface area (Å²) in [6.45, 7) is 2.11. The highest BCUT2D eigenvalue weighted by Gasteiger charge is 2.34. The molecule has 2 unspecified atom stereocenters. The third-order valence-electron chi connectivity index (χ3n) is 3.09. The first-order valence-corrected chi connectivity index (χ1v) is 4.74. The fraction of sp³-hybridized carbons (Fsp3) is 0.900. The standard InChI is InChI=1S/C10H17NO/c1-10(7-4-8-11)6-3-2-5-9(10)12/h9,12H,2-7H2,1H3. The molecule has 1 saturated carbocycles. The van der Waals surface area contributed by atoms with Crippen LogP contribution in [0.5, 0.6) is 0 Å². The summed E-state index contributed by atoms with van der Waals surface area (Å²) in [6, 6.07) is 2.15. The van der Waals surface area contributed by atoms with Gasteiger partial charge in [-0.05, 0) is 24.7 Å². The van der Waals surface area contributed by atoms with Gasteiger partial charge < -0.3 is 5.11 Å². The number of aliphatic hydroxyl groups excluding tert-OH is 1. The van der Waals surface area contributed by atoms with Gasteiger partial charge in [0.2, 0.25) is 0 Å². The lowest BCUT2D eigenvalue weighted by atomic mass is 9.71. The molecule has 1 aliphatic carbocycles. The topological polar surface area (TPSA) is 44.0 Å². The molecule has 68 valence electrons. The Kier molecular flexibility index (Phi) is 3.11. The van der Waals surface area contributed by atoms with Crippen molar-refractivity contribution in [2.75, 3.05) is 0 Å². The third kappa shape index (κ3) is 1.98. The molecule has 0 radical (unpaired) electrons. The Labute approximate surface area is 74.2 Å². The minimum absolute atomic E-state index is 0.0218. The maximum atomic E-state index is 9.75. The quantitative estimate of drug-likeness (QED) is 0.685. The van der Waals surface area contributed by atoms with Crippen molar-refractivity contribution in [1.29, 1.82) is 5.26 Å². The molecular weight excluding hydrogens is 150 g/mol. The van der Waals surface area contributed by atoms with Crippen molar-refractivity contribution in [3.8, 4) is 6.07 Å². The van der Waals surface area contributed by atoms with Gasteiger partial charge in [-0.2, -0.15) is 5.26 Å². The van der Waals surface area contributed by atoms with Crippen LogP contribution in [0, 0.1) is 16.7 Å². The monoisotopic (exact) mass is 167 g/mol. The summed E-state index contributed by atoms with van der Waals surface area (Å²) >= 11 is 0. The lowest BCUT2D eigenvalue weighted by molar-refractivity contribution is -0.00407. The average Bonchev–Trinajstić information content (AvgIpc) is 2.07. The number of hydrogen-bond donors (Lipinski definition) is 1. The van der Waals surface area contributed by atoms with Crippen LogP contribution in [0.25, 0.3) is 0 Å². The van der Waals surface area contributed by atoms with Crippen molar-refractivity contribution in [2.24, 2.45) is 5.41 Å². The van der Waals surface area contributed by atoms with Crippen LogP contribution in [-0.2, 0) is 0 Å². The van der Waals surface area contributed by atoms with Gasteiger partial charge in [0.05, 0.1) is 12.2 Å². The zero-order valence-electron chi connectivity index (χ0n) is 7.71.